The van der Waals surface area contributed by atoms with Gasteiger partial charge in [-0.05, 0) is 51.7 Å². The molecular formula is C26H30N2O5. The smallest absolute Gasteiger partial charge is 0.336 e. The Morgan fingerprint density at radius 1 is 1.03 bits per heavy atom. The minimum atomic E-state index is -2.18. The lowest BCUT2D eigenvalue weighted by atomic mass is 9.85. The van der Waals surface area contributed by atoms with E-state index >= 15 is 0 Å². The van der Waals surface area contributed by atoms with E-state index in [-0.39, 0.29) is 23.6 Å². The van der Waals surface area contributed by atoms with E-state index < -0.39 is 28.6 Å². The Hall–Kier alpha value is -3.00. The second-order valence-electron chi connectivity index (χ2n) is 10.1. The molecule has 0 spiro atoms. The van der Waals surface area contributed by atoms with Crippen LogP contribution in [-0.2, 0) is 10.5 Å². The standard InChI is InChI=1S/C26H30N2O5/c1-24(2)14-18(25(3,4)28(24)33)15-27-16-20(17-10-6-5-7-11-17)22(29)26(27,32)21-13-9-8-12-19(21)23(30)31/h5-13,16,18,32-33H,14-15H2,1-4H3,(H,30,31)/t18-,26+/m0/s1. The number of benzene rings is 2. The maximum absolute atomic E-state index is 13.7. The van der Waals surface area contributed by atoms with Gasteiger partial charge in [-0.15, -0.1) is 0 Å². The van der Waals surface area contributed by atoms with Crippen LogP contribution >= 0.6 is 0 Å². The number of carbonyl (C=O) groups excluding carboxylic acids is 1. The van der Waals surface area contributed by atoms with Gasteiger partial charge in [-0.2, -0.15) is 5.06 Å². The zero-order chi connectivity index (χ0) is 24.2. The monoisotopic (exact) mass is 450 g/mol. The highest BCUT2D eigenvalue weighted by Crippen LogP contribution is 2.47. The van der Waals surface area contributed by atoms with Crippen LogP contribution in [0, 0.1) is 5.92 Å². The second-order valence-corrected chi connectivity index (χ2v) is 10.1. The minimum Gasteiger partial charge on any atom is -0.478 e. The van der Waals surface area contributed by atoms with Gasteiger partial charge in [0.05, 0.1) is 5.56 Å². The van der Waals surface area contributed by atoms with E-state index in [0.29, 0.717) is 17.6 Å². The number of aromatic carboxylic acids is 1. The second kappa shape index (κ2) is 7.80. The third kappa shape index (κ3) is 3.57. The van der Waals surface area contributed by atoms with Crippen molar-refractivity contribution in [2.24, 2.45) is 5.92 Å². The molecule has 2 aliphatic rings. The third-order valence-electron chi connectivity index (χ3n) is 7.16. The van der Waals surface area contributed by atoms with Crippen molar-refractivity contribution in [2.75, 3.05) is 6.54 Å². The van der Waals surface area contributed by atoms with Gasteiger partial charge in [-0.25, -0.2) is 4.79 Å². The highest BCUT2D eigenvalue weighted by molar-refractivity contribution is 6.26. The number of carboxylic acid groups (broad SMARTS) is 1. The summed E-state index contributed by atoms with van der Waals surface area (Å²) in [4.78, 5) is 27.2. The molecule has 2 aromatic rings. The van der Waals surface area contributed by atoms with Crippen molar-refractivity contribution >= 4 is 17.3 Å². The van der Waals surface area contributed by atoms with Gasteiger partial charge in [0.25, 0.3) is 0 Å². The summed E-state index contributed by atoms with van der Waals surface area (Å²) in [6.07, 6.45) is 2.26. The maximum Gasteiger partial charge on any atom is 0.336 e. The van der Waals surface area contributed by atoms with Crippen LogP contribution in [0.3, 0.4) is 0 Å². The van der Waals surface area contributed by atoms with Crippen molar-refractivity contribution in [1.29, 1.82) is 0 Å². The minimum absolute atomic E-state index is 0.0283. The number of hydrogen-bond donors (Lipinski definition) is 3. The molecule has 2 heterocycles. The molecule has 0 radical (unpaired) electrons. The zero-order valence-corrected chi connectivity index (χ0v) is 19.3. The van der Waals surface area contributed by atoms with Crippen molar-refractivity contribution in [3.05, 3.63) is 77.5 Å². The Balaban J connectivity index is 1.84. The predicted octanol–water partition coefficient (Wildman–Crippen LogP) is 3.72. The largest absolute Gasteiger partial charge is 0.478 e. The van der Waals surface area contributed by atoms with E-state index in [1.54, 1.807) is 35.4 Å². The molecular weight excluding hydrogens is 420 g/mol. The summed E-state index contributed by atoms with van der Waals surface area (Å²) in [5.74, 6) is -1.90. The Bertz CT molecular complexity index is 1120. The van der Waals surface area contributed by atoms with Crippen LogP contribution < -0.4 is 0 Å². The van der Waals surface area contributed by atoms with Crippen molar-refractivity contribution in [2.45, 2.75) is 50.9 Å². The molecule has 1 fully saturated rings. The Morgan fingerprint density at radius 3 is 2.21 bits per heavy atom. The van der Waals surface area contributed by atoms with E-state index in [9.17, 15) is 25.0 Å². The molecule has 1 saturated heterocycles. The molecule has 7 nitrogen and oxygen atoms in total. The lowest BCUT2D eigenvalue weighted by molar-refractivity contribution is -0.198. The van der Waals surface area contributed by atoms with Crippen LogP contribution in [0.5, 0.6) is 0 Å². The molecule has 4 rings (SSSR count). The van der Waals surface area contributed by atoms with Crippen molar-refractivity contribution in [3.8, 4) is 0 Å². The van der Waals surface area contributed by atoms with Crippen LogP contribution in [0.1, 0.15) is 55.6 Å². The first kappa shape index (κ1) is 23.2. The molecule has 0 amide bonds. The fourth-order valence-electron chi connectivity index (χ4n) is 5.30. The van der Waals surface area contributed by atoms with E-state index in [2.05, 4.69) is 0 Å². The number of hydrogen-bond acceptors (Lipinski definition) is 6. The first-order valence-corrected chi connectivity index (χ1v) is 11.0. The topological polar surface area (TPSA) is 101 Å². The van der Waals surface area contributed by atoms with E-state index in [1.165, 1.54) is 17.2 Å². The van der Waals surface area contributed by atoms with Crippen LogP contribution in [0.15, 0.2) is 60.8 Å². The molecule has 0 unspecified atom stereocenters. The van der Waals surface area contributed by atoms with Crippen LogP contribution in [0.4, 0.5) is 0 Å². The summed E-state index contributed by atoms with van der Waals surface area (Å²) in [6.45, 7) is 7.99. The molecule has 7 heteroatoms. The summed E-state index contributed by atoms with van der Waals surface area (Å²) < 4.78 is 0. The average Bonchev–Trinajstić information content (AvgIpc) is 3.12. The molecule has 3 N–H and O–H groups in total. The quantitative estimate of drug-likeness (QED) is 0.638. The van der Waals surface area contributed by atoms with E-state index in [0.717, 1.165) is 0 Å². The van der Waals surface area contributed by atoms with E-state index in [1.807, 2.05) is 45.9 Å². The molecule has 0 aromatic heterocycles. The summed E-state index contributed by atoms with van der Waals surface area (Å²) in [5.41, 5.74) is -2.43. The Kier molecular flexibility index (Phi) is 5.47. The molecule has 0 bridgehead atoms. The molecule has 0 aliphatic carbocycles. The fourth-order valence-corrected chi connectivity index (χ4v) is 5.30. The molecule has 0 saturated carbocycles. The maximum atomic E-state index is 13.7. The number of carboxylic acids is 1. The van der Waals surface area contributed by atoms with Gasteiger partial charge < -0.3 is 20.3 Å². The number of ketones is 1. The summed E-state index contributed by atoms with van der Waals surface area (Å²) in [7, 11) is 0. The molecule has 2 aliphatic heterocycles. The van der Waals surface area contributed by atoms with Gasteiger partial charge in [-0.3, -0.25) is 4.79 Å². The zero-order valence-electron chi connectivity index (χ0n) is 19.3. The van der Waals surface area contributed by atoms with Crippen LogP contribution in [0.2, 0.25) is 0 Å². The SMILES string of the molecule is CC1(C)C[C@@H](CN2C=C(c3ccccc3)C(=O)[C@]2(O)c2ccccc2C(=O)O)C(C)(C)N1O. The summed E-state index contributed by atoms with van der Waals surface area (Å²) in [5, 5.41) is 33.8. The van der Waals surface area contributed by atoms with Gasteiger partial charge in [0, 0.05) is 35.0 Å². The first-order chi connectivity index (χ1) is 15.4. The van der Waals surface area contributed by atoms with Crippen LogP contribution in [-0.4, -0.2) is 54.8 Å². The Morgan fingerprint density at radius 2 is 1.64 bits per heavy atom. The lowest BCUT2D eigenvalue weighted by Crippen LogP contribution is -2.52. The first-order valence-electron chi connectivity index (χ1n) is 11.0. The van der Waals surface area contributed by atoms with Gasteiger partial charge in [-0.1, -0.05) is 48.5 Å². The molecule has 33 heavy (non-hydrogen) atoms. The van der Waals surface area contributed by atoms with Gasteiger partial charge in [0.15, 0.2) is 0 Å². The lowest BCUT2D eigenvalue weighted by Gasteiger charge is -2.40. The van der Waals surface area contributed by atoms with Crippen molar-refractivity contribution < 1.29 is 25.0 Å². The van der Waals surface area contributed by atoms with Crippen LogP contribution in [0.25, 0.3) is 5.57 Å². The van der Waals surface area contributed by atoms with E-state index in [4.69, 9.17) is 0 Å². The molecule has 2 aromatic carbocycles. The highest BCUT2D eigenvalue weighted by atomic mass is 16.5. The number of nitrogens with zero attached hydrogens (tertiary/aromatic N) is 2. The molecule has 174 valence electrons. The number of carbonyl (C=O) groups is 2. The van der Waals surface area contributed by atoms with Crippen molar-refractivity contribution in [1.82, 2.24) is 9.96 Å². The number of hydroxylamine groups is 2. The summed E-state index contributed by atoms with van der Waals surface area (Å²) in [6, 6.07) is 15.1. The number of Topliss-reactive ketones (excluding diaryl/α,β-unsaturated/α-hetero) is 1. The van der Waals surface area contributed by atoms with Gasteiger partial charge >= 0.3 is 5.97 Å². The highest BCUT2D eigenvalue weighted by Gasteiger charge is 2.56. The predicted molar refractivity (Wildman–Crippen MR) is 123 cm³/mol. The average molecular weight is 451 g/mol. The van der Waals surface area contributed by atoms with Gasteiger partial charge in [0.2, 0.25) is 11.5 Å². The number of aliphatic hydroxyl groups is 1. The van der Waals surface area contributed by atoms with Gasteiger partial charge in [0.1, 0.15) is 0 Å². The van der Waals surface area contributed by atoms with Crippen molar-refractivity contribution in [3.63, 3.8) is 0 Å². The Labute approximate surface area is 193 Å². The number of rotatable bonds is 5. The molecule has 2 atom stereocenters. The summed E-state index contributed by atoms with van der Waals surface area (Å²) >= 11 is 0. The fraction of sp³-hybridized carbons (Fsp3) is 0.385. The third-order valence-corrected chi connectivity index (χ3v) is 7.16. The normalized spacial score (nSPS) is 26.5.